The molecule has 76 valence electrons. The predicted molar refractivity (Wildman–Crippen MR) is 49.6 cm³/mol. The monoisotopic (exact) mass is 186 g/mol. The molecular weight excluding hydrogens is 168 g/mol. The van der Waals surface area contributed by atoms with Crippen LogP contribution in [-0.2, 0) is 9.53 Å². The summed E-state index contributed by atoms with van der Waals surface area (Å²) in [6, 6.07) is 0. The maximum absolute atomic E-state index is 10.8. The van der Waals surface area contributed by atoms with E-state index in [2.05, 4.69) is 0 Å². The lowest BCUT2D eigenvalue weighted by Gasteiger charge is -2.14. The van der Waals surface area contributed by atoms with Crippen molar-refractivity contribution in [2.24, 2.45) is 11.8 Å². The summed E-state index contributed by atoms with van der Waals surface area (Å²) in [6.45, 7) is 3.59. The van der Waals surface area contributed by atoms with E-state index in [0.717, 1.165) is 38.9 Å². The molecule has 0 aromatic carbocycles. The van der Waals surface area contributed by atoms with Crippen LogP contribution in [0.1, 0.15) is 32.6 Å². The van der Waals surface area contributed by atoms with Crippen LogP contribution in [0.5, 0.6) is 0 Å². The Hall–Kier alpha value is -0.570. The van der Waals surface area contributed by atoms with Crippen molar-refractivity contribution in [1.29, 1.82) is 0 Å². The number of hydrogen-bond donors (Lipinski definition) is 1. The van der Waals surface area contributed by atoms with Gasteiger partial charge in [0.15, 0.2) is 0 Å². The van der Waals surface area contributed by atoms with Crippen molar-refractivity contribution < 1.29 is 14.6 Å². The van der Waals surface area contributed by atoms with Crippen molar-refractivity contribution in [1.82, 2.24) is 0 Å². The molecule has 1 N–H and O–H groups in total. The molecule has 0 aromatic heterocycles. The summed E-state index contributed by atoms with van der Waals surface area (Å²) in [5.41, 5.74) is 0. The van der Waals surface area contributed by atoms with Gasteiger partial charge in [0.1, 0.15) is 0 Å². The maximum atomic E-state index is 10.8. The Kier molecular flexibility index (Phi) is 4.22. The second-order valence-corrected chi connectivity index (χ2v) is 3.79. The largest absolute Gasteiger partial charge is 0.481 e. The normalized spacial score (nSPS) is 24.5. The third kappa shape index (κ3) is 3.35. The molecule has 0 aromatic rings. The van der Waals surface area contributed by atoms with Crippen LogP contribution >= 0.6 is 0 Å². The molecule has 1 fully saturated rings. The number of hydrogen-bond acceptors (Lipinski definition) is 2. The molecule has 0 radical (unpaired) electrons. The average Bonchev–Trinajstić information content (AvgIpc) is 2.56. The lowest BCUT2D eigenvalue weighted by atomic mass is 9.91. The molecule has 1 saturated heterocycles. The first-order valence-electron chi connectivity index (χ1n) is 5.04. The highest BCUT2D eigenvalue weighted by molar-refractivity contribution is 5.69. The van der Waals surface area contributed by atoms with E-state index >= 15 is 0 Å². The third-order valence-corrected chi connectivity index (χ3v) is 2.63. The molecule has 3 nitrogen and oxygen atoms in total. The molecule has 0 spiro atoms. The van der Waals surface area contributed by atoms with E-state index in [1.165, 1.54) is 0 Å². The number of carbonyl (C=O) groups is 1. The smallest absolute Gasteiger partial charge is 0.306 e. The Morgan fingerprint density at radius 2 is 2.46 bits per heavy atom. The van der Waals surface area contributed by atoms with E-state index in [0.29, 0.717) is 5.92 Å². The van der Waals surface area contributed by atoms with E-state index in [1.807, 2.05) is 6.92 Å². The van der Waals surface area contributed by atoms with Crippen molar-refractivity contribution >= 4 is 5.97 Å². The molecule has 0 saturated carbocycles. The van der Waals surface area contributed by atoms with E-state index in [4.69, 9.17) is 9.84 Å². The Bertz CT molecular complexity index is 162. The van der Waals surface area contributed by atoms with Gasteiger partial charge in [-0.15, -0.1) is 0 Å². The van der Waals surface area contributed by atoms with Gasteiger partial charge in [-0.3, -0.25) is 4.79 Å². The van der Waals surface area contributed by atoms with Gasteiger partial charge >= 0.3 is 5.97 Å². The minimum absolute atomic E-state index is 0.156. The first-order chi connectivity index (χ1) is 6.24. The van der Waals surface area contributed by atoms with Crippen LogP contribution in [0.2, 0.25) is 0 Å². The van der Waals surface area contributed by atoms with Crippen LogP contribution in [0.4, 0.5) is 0 Å². The molecule has 1 rings (SSSR count). The van der Waals surface area contributed by atoms with Gasteiger partial charge in [-0.25, -0.2) is 0 Å². The highest BCUT2D eigenvalue weighted by Gasteiger charge is 2.24. The zero-order chi connectivity index (χ0) is 9.68. The molecule has 1 aliphatic rings. The van der Waals surface area contributed by atoms with E-state index < -0.39 is 5.97 Å². The minimum atomic E-state index is -0.645. The zero-order valence-corrected chi connectivity index (χ0v) is 8.16. The van der Waals surface area contributed by atoms with Crippen LogP contribution in [0.3, 0.4) is 0 Å². The van der Waals surface area contributed by atoms with Gasteiger partial charge in [-0.1, -0.05) is 13.3 Å². The Morgan fingerprint density at radius 3 is 2.92 bits per heavy atom. The number of carboxylic acid groups (broad SMARTS) is 1. The Labute approximate surface area is 79.1 Å². The van der Waals surface area contributed by atoms with Gasteiger partial charge < -0.3 is 9.84 Å². The van der Waals surface area contributed by atoms with Crippen molar-refractivity contribution in [3.8, 4) is 0 Å². The van der Waals surface area contributed by atoms with Crippen molar-refractivity contribution in [3.05, 3.63) is 0 Å². The minimum Gasteiger partial charge on any atom is -0.481 e. The van der Waals surface area contributed by atoms with Crippen LogP contribution in [0, 0.1) is 11.8 Å². The van der Waals surface area contributed by atoms with Crippen molar-refractivity contribution in [2.45, 2.75) is 32.6 Å². The highest BCUT2D eigenvalue weighted by atomic mass is 16.5. The molecule has 3 heteroatoms. The fourth-order valence-electron chi connectivity index (χ4n) is 1.86. The van der Waals surface area contributed by atoms with Crippen LogP contribution < -0.4 is 0 Å². The summed E-state index contributed by atoms with van der Waals surface area (Å²) in [4.78, 5) is 10.8. The van der Waals surface area contributed by atoms with Crippen LogP contribution in [-0.4, -0.2) is 24.3 Å². The van der Waals surface area contributed by atoms with E-state index in [-0.39, 0.29) is 5.92 Å². The van der Waals surface area contributed by atoms with Gasteiger partial charge in [0.25, 0.3) is 0 Å². The summed E-state index contributed by atoms with van der Waals surface area (Å²) in [7, 11) is 0. The third-order valence-electron chi connectivity index (χ3n) is 2.63. The first-order valence-corrected chi connectivity index (χ1v) is 5.04. The fraction of sp³-hybridized carbons (Fsp3) is 0.900. The first kappa shape index (κ1) is 10.5. The maximum Gasteiger partial charge on any atom is 0.306 e. The number of carboxylic acids is 1. The quantitative estimate of drug-likeness (QED) is 0.713. The lowest BCUT2D eigenvalue weighted by molar-refractivity contribution is -0.142. The van der Waals surface area contributed by atoms with Crippen molar-refractivity contribution in [2.75, 3.05) is 13.2 Å². The SMILES string of the molecule is CCCC(CC1CCOC1)C(=O)O. The van der Waals surface area contributed by atoms with Gasteiger partial charge in [0.05, 0.1) is 5.92 Å². The molecule has 0 aliphatic carbocycles. The highest BCUT2D eigenvalue weighted by Crippen LogP contribution is 2.24. The topological polar surface area (TPSA) is 46.5 Å². The van der Waals surface area contributed by atoms with Gasteiger partial charge in [-0.2, -0.15) is 0 Å². The molecule has 1 heterocycles. The molecule has 0 bridgehead atoms. The number of aliphatic carboxylic acids is 1. The lowest BCUT2D eigenvalue weighted by Crippen LogP contribution is -2.17. The molecule has 13 heavy (non-hydrogen) atoms. The van der Waals surface area contributed by atoms with Gasteiger partial charge in [0, 0.05) is 13.2 Å². The van der Waals surface area contributed by atoms with Gasteiger partial charge in [0.2, 0.25) is 0 Å². The molecular formula is C10H18O3. The molecule has 1 aliphatic heterocycles. The Balaban J connectivity index is 2.32. The van der Waals surface area contributed by atoms with Crippen molar-refractivity contribution in [3.63, 3.8) is 0 Å². The summed E-state index contributed by atoms with van der Waals surface area (Å²) in [5, 5.41) is 8.92. The summed E-state index contributed by atoms with van der Waals surface area (Å²) in [6.07, 6.45) is 3.58. The van der Waals surface area contributed by atoms with Crippen LogP contribution in [0.25, 0.3) is 0 Å². The molecule has 0 amide bonds. The van der Waals surface area contributed by atoms with Crippen LogP contribution in [0.15, 0.2) is 0 Å². The summed E-state index contributed by atoms with van der Waals surface area (Å²) < 4.78 is 5.22. The summed E-state index contributed by atoms with van der Waals surface area (Å²) in [5.74, 6) is -0.321. The van der Waals surface area contributed by atoms with E-state index in [1.54, 1.807) is 0 Å². The zero-order valence-electron chi connectivity index (χ0n) is 8.16. The number of rotatable bonds is 5. The standard InChI is InChI=1S/C10H18O3/c1-2-3-9(10(11)12)6-8-4-5-13-7-8/h8-9H,2-7H2,1H3,(H,11,12). The van der Waals surface area contributed by atoms with Gasteiger partial charge in [-0.05, 0) is 25.2 Å². The van der Waals surface area contributed by atoms with E-state index in [9.17, 15) is 4.79 Å². The second-order valence-electron chi connectivity index (χ2n) is 3.79. The molecule has 2 atom stereocenters. The second kappa shape index (κ2) is 5.22. The Morgan fingerprint density at radius 1 is 1.69 bits per heavy atom. The predicted octanol–water partition coefficient (Wildman–Crippen LogP) is 1.91. The summed E-state index contributed by atoms with van der Waals surface area (Å²) >= 11 is 0. The molecule has 2 unspecified atom stereocenters. The average molecular weight is 186 g/mol. The fourth-order valence-corrected chi connectivity index (χ4v) is 1.86. The number of ether oxygens (including phenoxy) is 1.